The van der Waals surface area contributed by atoms with Crippen molar-refractivity contribution in [1.82, 2.24) is 0 Å². The van der Waals surface area contributed by atoms with Crippen LogP contribution in [0.5, 0.6) is 5.75 Å². The standard InChI is InChI=1S/C13H18FNO3/c1-2-18-12-7-6-10(9-11(12)14)15-13(17)5-3-4-8-16/h6-7,9,16H,2-5,8H2,1H3,(H,15,17). The van der Waals surface area contributed by atoms with Gasteiger partial charge in [-0.05, 0) is 31.9 Å². The van der Waals surface area contributed by atoms with Gasteiger partial charge in [-0.2, -0.15) is 0 Å². The molecule has 2 N–H and O–H groups in total. The lowest BCUT2D eigenvalue weighted by atomic mass is 10.2. The molecule has 0 unspecified atom stereocenters. The van der Waals surface area contributed by atoms with Gasteiger partial charge in [0.25, 0.3) is 0 Å². The summed E-state index contributed by atoms with van der Waals surface area (Å²) in [7, 11) is 0. The van der Waals surface area contributed by atoms with Crippen molar-refractivity contribution in [1.29, 1.82) is 0 Å². The van der Waals surface area contributed by atoms with Gasteiger partial charge in [0, 0.05) is 24.8 Å². The molecule has 0 bridgehead atoms. The number of aliphatic hydroxyl groups excluding tert-OH is 1. The number of anilines is 1. The Bertz CT molecular complexity index is 396. The third-order valence-corrected chi connectivity index (χ3v) is 2.33. The van der Waals surface area contributed by atoms with Crippen molar-refractivity contribution in [3.8, 4) is 5.75 Å². The average molecular weight is 255 g/mol. The number of ether oxygens (including phenoxy) is 1. The Kier molecular flexibility index (Phi) is 6.14. The zero-order valence-corrected chi connectivity index (χ0v) is 10.4. The summed E-state index contributed by atoms with van der Waals surface area (Å²) in [6, 6.07) is 4.31. The number of carbonyl (C=O) groups excluding carboxylic acids is 1. The molecule has 1 aromatic carbocycles. The summed E-state index contributed by atoms with van der Waals surface area (Å²) in [6.45, 7) is 2.24. The summed E-state index contributed by atoms with van der Waals surface area (Å²) in [5, 5.41) is 11.2. The highest BCUT2D eigenvalue weighted by Gasteiger charge is 2.06. The Balaban J connectivity index is 2.52. The molecular weight excluding hydrogens is 237 g/mol. The molecule has 0 atom stereocenters. The van der Waals surface area contributed by atoms with Gasteiger partial charge >= 0.3 is 0 Å². The van der Waals surface area contributed by atoms with Gasteiger partial charge in [0.2, 0.25) is 5.91 Å². The van der Waals surface area contributed by atoms with Crippen molar-refractivity contribution in [3.63, 3.8) is 0 Å². The van der Waals surface area contributed by atoms with Crippen molar-refractivity contribution in [2.75, 3.05) is 18.5 Å². The first-order valence-electron chi connectivity index (χ1n) is 6.00. The number of amides is 1. The Morgan fingerprint density at radius 1 is 1.44 bits per heavy atom. The molecule has 0 saturated carbocycles. The number of rotatable bonds is 7. The second-order valence-corrected chi connectivity index (χ2v) is 3.81. The third-order valence-electron chi connectivity index (χ3n) is 2.33. The minimum Gasteiger partial charge on any atom is -0.491 e. The SMILES string of the molecule is CCOc1ccc(NC(=O)CCCCO)cc1F. The van der Waals surface area contributed by atoms with Crippen LogP contribution in [0.15, 0.2) is 18.2 Å². The van der Waals surface area contributed by atoms with Crippen LogP contribution < -0.4 is 10.1 Å². The Morgan fingerprint density at radius 3 is 2.83 bits per heavy atom. The predicted octanol–water partition coefficient (Wildman–Crippen LogP) is 2.33. The van der Waals surface area contributed by atoms with E-state index in [1.54, 1.807) is 13.0 Å². The van der Waals surface area contributed by atoms with Crippen LogP contribution in [0.3, 0.4) is 0 Å². The van der Waals surface area contributed by atoms with E-state index in [0.717, 1.165) is 0 Å². The van der Waals surface area contributed by atoms with Crippen LogP contribution in [0.4, 0.5) is 10.1 Å². The minimum absolute atomic E-state index is 0.0744. The number of unbranched alkanes of at least 4 members (excludes halogenated alkanes) is 1. The van der Waals surface area contributed by atoms with Gasteiger partial charge in [0.05, 0.1) is 6.61 Å². The molecule has 0 aliphatic carbocycles. The second-order valence-electron chi connectivity index (χ2n) is 3.81. The Hall–Kier alpha value is -1.62. The van der Waals surface area contributed by atoms with Gasteiger partial charge in [0.1, 0.15) is 0 Å². The van der Waals surface area contributed by atoms with E-state index in [1.165, 1.54) is 12.1 Å². The van der Waals surface area contributed by atoms with Crippen LogP contribution in [0, 0.1) is 5.82 Å². The van der Waals surface area contributed by atoms with E-state index in [-0.39, 0.29) is 18.3 Å². The molecule has 1 rings (SSSR count). The van der Waals surface area contributed by atoms with Gasteiger partial charge in [-0.1, -0.05) is 0 Å². The van der Waals surface area contributed by atoms with Crippen molar-refractivity contribution >= 4 is 11.6 Å². The summed E-state index contributed by atoms with van der Waals surface area (Å²) in [6.07, 6.45) is 1.52. The van der Waals surface area contributed by atoms with Gasteiger partial charge < -0.3 is 15.2 Å². The van der Waals surface area contributed by atoms with E-state index in [2.05, 4.69) is 5.32 Å². The normalized spacial score (nSPS) is 10.2. The smallest absolute Gasteiger partial charge is 0.224 e. The first-order chi connectivity index (χ1) is 8.67. The Morgan fingerprint density at radius 2 is 2.22 bits per heavy atom. The molecular formula is C13H18FNO3. The highest BCUT2D eigenvalue weighted by atomic mass is 19.1. The molecule has 1 aromatic rings. The molecule has 18 heavy (non-hydrogen) atoms. The van der Waals surface area contributed by atoms with Gasteiger partial charge in [-0.15, -0.1) is 0 Å². The number of aliphatic hydroxyl groups is 1. The minimum atomic E-state index is -0.495. The maximum Gasteiger partial charge on any atom is 0.224 e. The van der Waals surface area contributed by atoms with E-state index in [9.17, 15) is 9.18 Å². The maximum atomic E-state index is 13.5. The summed E-state index contributed by atoms with van der Waals surface area (Å²) >= 11 is 0. The highest BCUT2D eigenvalue weighted by molar-refractivity contribution is 5.90. The summed E-state index contributed by atoms with van der Waals surface area (Å²) in [4.78, 5) is 11.5. The molecule has 0 heterocycles. The quantitative estimate of drug-likeness (QED) is 0.735. The lowest BCUT2D eigenvalue weighted by Gasteiger charge is -2.08. The molecule has 0 fully saturated rings. The number of benzene rings is 1. The first-order valence-corrected chi connectivity index (χ1v) is 6.00. The van der Waals surface area contributed by atoms with Gasteiger partial charge in [-0.25, -0.2) is 4.39 Å². The second kappa shape index (κ2) is 7.66. The average Bonchev–Trinajstić information content (AvgIpc) is 2.33. The van der Waals surface area contributed by atoms with Crippen molar-refractivity contribution < 1.29 is 19.0 Å². The lowest BCUT2D eigenvalue weighted by Crippen LogP contribution is -2.11. The molecule has 0 aliphatic rings. The van der Waals surface area contributed by atoms with Crippen molar-refractivity contribution in [2.24, 2.45) is 0 Å². The fourth-order valence-electron chi connectivity index (χ4n) is 1.47. The van der Waals surface area contributed by atoms with E-state index >= 15 is 0 Å². The van der Waals surface area contributed by atoms with Crippen LogP contribution in [0.25, 0.3) is 0 Å². The van der Waals surface area contributed by atoms with Crippen LogP contribution in [0.2, 0.25) is 0 Å². The largest absolute Gasteiger partial charge is 0.491 e. The summed E-state index contributed by atoms with van der Waals surface area (Å²) in [5.74, 6) is -0.507. The van der Waals surface area contributed by atoms with Crippen LogP contribution in [0.1, 0.15) is 26.2 Å². The molecule has 0 aromatic heterocycles. The number of nitrogens with one attached hydrogen (secondary N) is 1. The zero-order valence-electron chi connectivity index (χ0n) is 10.4. The van der Waals surface area contributed by atoms with E-state index in [4.69, 9.17) is 9.84 Å². The maximum absolute atomic E-state index is 13.5. The zero-order chi connectivity index (χ0) is 13.4. The van der Waals surface area contributed by atoms with Crippen molar-refractivity contribution in [3.05, 3.63) is 24.0 Å². The van der Waals surface area contributed by atoms with E-state index in [0.29, 0.717) is 31.6 Å². The third kappa shape index (κ3) is 4.71. The molecule has 1 amide bonds. The highest BCUT2D eigenvalue weighted by Crippen LogP contribution is 2.21. The molecule has 4 nitrogen and oxygen atoms in total. The number of halogens is 1. The predicted molar refractivity (Wildman–Crippen MR) is 67.1 cm³/mol. The lowest BCUT2D eigenvalue weighted by molar-refractivity contribution is -0.116. The van der Waals surface area contributed by atoms with Crippen LogP contribution in [-0.2, 0) is 4.79 Å². The van der Waals surface area contributed by atoms with Crippen molar-refractivity contribution in [2.45, 2.75) is 26.2 Å². The van der Waals surface area contributed by atoms with Gasteiger partial charge in [0.15, 0.2) is 11.6 Å². The molecule has 5 heteroatoms. The summed E-state index contributed by atoms with van der Waals surface area (Å²) < 4.78 is 18.5. The van der Waals surface area contributed by atoms with E-state index < -0.39 is 5.82 Å². The topological polar surface area (TPSA) is 58.6 Å². The molecule has 0 spiro atoms. The number of hydrogen-bond donors (Lipinski definition) is 2. The fourth-order valence-corrected chi connectivity index (χ4v) is 1.47. The monoisotopic (exact) mass is 255 g/mol. The molecule has 0 radical (unpaired) electrons. The number of carbonyl (C=O) groups is 1. The van der Waals surface area contributed by atoms with Crippen LogP contribution >= 0.6 is 0 Å². The first kappa shape index (κ1) is 14.4. The molecule has 100 valence electrons. The summed E-state index contributed by atoms with van der Waals surface area (Å²) in [5.41, 5.74) is 0.407. The van der Waals surface area contributed by atoms with E-state index in [1.807, 2.05) is 0 Å². The van der Waals surface area contributed by atoms with Gasteiger partial charge in [-0.3, -0.25) is 4.79 Å². The molecule has 0 saturated heterocycles. The van der Waals surface area contributed by atoms with Crippen LogP contribution in [-0.4, -0.2) is 24.2 Å². The fraction of sp³-hybridized carbons (Fsp3) is 0.462. The number of hydrogen-bond acceptors (Lipinski definition) is 3. The molecule has 0 aliphatic heterocycles. The Labute approximate surface area is 106 Å².